The molecule has 0 radical (unpaired) electrons. The van der Waals surface area contributed by atoms with Crippen LogP contribution in [0.1, 0.15) is 56.1 Å². The number of unbranched alkanes of at least 4 members (excludes halogenated alkanes) is 5. The van der Waals surface area contributed by atoms with Crippen molar-refractivity contribution in [3.8, 4) is 5.75 Å². The van der Waals surface area contributed by atoms with Gasteiger partial charge in [0.1, 0.15) is 5.75 Å². The molecule has 0 aliphatic rings. The lowest BCUT2D eigenvalue weighted by Crippen LogP contribution is -2.48. The van der Waals surface area contributed by atoms with Gasteiger partial charge >= 0.3 is 14.0 Å². The Hall–Kier alpha value is -1.23. The number of phosphoric ester groups is 1. The minimum Gasteiger partial charge on any atom is -0.493 e. The van der Waals surface area contributed by atoms with Gasteiger partial charge in [-0.3, -0.25) is 8.91 Å². The second-order valence-electron chi connectivity index (χ2n) is 7.77. The summed E-state index contributed by atoms with van der Waals surface area (Å²) in [6.07, 6.45) is -0.261. The lowest BCUT2D eigenvalue weighted by molar-refractivity contribution is -0.139. The highest BCUT2D eigenvalue weighted by molar-refractivity contribution is 7.46. The zero-order valence-electron chi connectivity index (χ0n) is 17.8. The van der Waals surface area contributed by atoms with Crippen LogP contribution in [0.3, 0.4) is 0 Å². The van der Waals surface area contributed by atoms with Gasteiger partial charge in [0.05, 0.1) is 37.6 Å². The maximum absolute atomic E-state index is 13.5. The molecule has 0 saturated carbocycles. The number of rotatable bonds is 16. The molecular weight excluding hydrogens is 457 g/mol. The second-order valence-corrected chi connectivity index (χ2v) is 9.01. The summed E-state index contributed by atoms with van der Waals surface area (Å²) in [4.78, 5) is 17.5. The van der Waals surface area contributed by atoms with E-state index in [2.05, 4.69) is 4.52 Å². The summed E-state index contributed by atoms with van der Waals surface area (Å²) in [5.41, 5.74) is 3.67. The highest BCUT2D eigenvalue weighted by Gasteiger charge is 2.35. The molecule has 186 valence electrons. The number of halogens is 4. The van der Waals surface area contributed by atoms with Crippen LogP contribution in [0.5, 0.6) is 5.75 Å². The molecule has 0 amide bonds. The zero-order chi connectivity index (χ0) is 24.3. The number of hydrogen-bond acceptors (Lipinski definition) is 5. The van der Waals surface area contributed by atoms with Crippen LogP contribution in [0.4, 0.5) is 17.6 Å². The van der Waals surface area contributed by atoms with Crippen molar-refractivity contribution >= 4 is 7.82 Å². The van der Waals surface area contributed by atoms with Crippen molar-refractivity contribution in [1.29, 1.82) is 0 Å². The van der Waals surface area contributed by atoms with E-state index in [0.717, 1.165) is 31.7 Å². The summed E-state index contributed by atoms with van der Waals surface area (Å²) >= 11 is 0. The average molecular weight is 489 g/mol. The Morgan fingerprint density at radius 2 is 1.66 bits per heavy atom. The number of nitrogens with two attached hydrogens (primary N) is 1. The Balaban J connectivity index is 2.69. The van der Waals surface area contributed by atoms with E-state index in [1.165, 1.54) is 12.1 Å². The minimum absolute atomic E-state index is 0.0177. The predicted octanol–water partition coefficient (Wildman–Crippen LogP) is 4.13. The summed E-state index contributed by atoms with van der Waals surface area (Å²) in [5, 5.41) is 9.41. The molecule has 0 aliphatic heterocycles. The number of ether oxygens (including phenoxy) is 1. The second kappa shape index (κ2) is 13.5. The third-order valence-electron chi connectivity index (χ3n) is 4.88. The van der Waals surface area contributed by atoms with Crippen molar-refractivity contribution in [3.63, 3.8) is 0 Å². The van der Waals surface area contributed by atoms with Crippen molar-refractivity contribution in [1.82, 2.24) is 0 Å². The highest BCUT2D eigenvalue weighted by atomic mass is 31.2. The summed E-state index contributed by atoms with van der Waals surface area (Å²) in [7, 11) is -4.80. The molecule has 0 heterocycles. The third kappa shape index (κ3) is 11.6. The first-order valence-corrected chi connectivity index (χ1v) is 11.9. The van der Waals surface area contributed by atoms with Gasteiger partial charge in [0.25, 0.3) is 0 Å². The highest BCUT2D eigenvalue weighted by Crippen LogP contribution is 2.38. The van der Waals surface area contributed by atoms with Gasteiger partial charge in [-0.1, -0.05) is 31.7 Å². The molecule has 1 rings (SSSR count). The van der Waals surface area contributed by atoms with Crippen LogP contribution in [-0.2, 0) is 21.7 Å². The molecule has 0 aliphatic carbocycles. The van der Waals surface area contributed by atoms with Crippen molar-refractivity contribution in [2.45, 2.75) is 63.1 Å². The van der Waals surface area contributed by atoms with Crippen molar-refractivity contribution in [2.75, 3.05) is 26.5 Å². The topological polar surface area (TPSA) is 122 Å². The normalized spacial score (nSPS) is 14.4. The summed E-state index contributed by atoms with van der Waals surface area (Å²) in [6, 6.07) is 3.61. The molecule has 0 spiro atoms. The average Bonchev–Trinajstić information content (AvgIpc) is 2.72. The van der Waals surface area contributed by atoms with E-state index in [0.29, 0.717) is 12.8 Å². The molecule has 1 unspecified atom stereocenters. The molecule has 12 heteroatoms. The van der Waals surface area contributed by atoms with E-state index in [1.54, 1.807) is 0 Å². The quantitative estimate of drug-likeness (QED) is 0.157. The smallest absolute Gasteiger partial charge is 0.469 e. The molecule has 1 aromatic carbocycles. The van der Waals surface area contributed by atoms with Crippen molar-refractivity contribution in [2.24, 2.45) is 5.73 Å². The number of benzene rings is 1. The van der Waals surface area contributed by atoms with Crippen molar-refractivity contribution < 1.29 is 46.3 Å². The van der Waals surface area contributed by atoms with E-state index in [-0.39, 0.29) is 37.4 Å². The molecule has 0 aromatic heterocycles. The SMILES string of the molecule is NC(CO)(CCc1ccc(OCCCCCCCCF)c(C(F)(F)F)c1)COP(=O)(O)O. The van der Waals surface area contributed by atoms with E-state index in [9.17, 15) is 27.2 Å². The maximum Gasteiger partial charge on any atom is 0.469 e. The maximum atomic E-state index is 13.5. The van der Waals surface area contributed by atoms with Crippen molar-refractivity contribution in [3.05, 3.63) is 29.3 Å². The summed E-state index contributed by atoms with van der Waals surface area (Å²) < 4.78 is 73.0. The fourth-order valence-corrected chi connectivity index (χ4v) is 3.39. The van der Waals surface area contributed by atoms with Crippen LogP contribution in [0.2, 0.25) is 0 Å². The Morgan fingerprint density at radius 3 is 2.22 bits per heavy atom. The van der Waals surface area contributed by atoms with Gasteiger partial charge in [0.15, 0.2) is 0 Å². The van der Waals surface area contributed by atoms with Gasteiger partial charge in [0, 0.05) is 0 Å². The van der Waals surface area contributed by atoms with Gasteiger partial charge in [0.2, 0.25) is 0 Å². The number of alkyl halides is 4. The number of aliphatic hydroxyl groups is 1. The van der Waals surface area contributed by atoms with E-state index >= 15 is 0 Å². The first-order valence-electron chi connectivity index (χ1n) is 10.4. The first kappa shape index (κ1) is 28.8. The van der Waals surface area contributed by atoms with Crippen LogP contribution < -0.4 is 10.5 Å². The zero-order valence-corrected chi connectivity index (χ0v) is 18.7. The molecule has 0 bridgehead atoms. The summed E-state index contributed by atoms with van der Waals surface area (Å²) in [6.45, 7) is -1.54. The molecular formula is C20H32F4NO6P. The number of aliphatic hydroxyl groups excluding tert-OH is 1. The largest absolute Gasteiger partial charge is 0.493 e. The Morgan fingerprint density at radius 1 is 1.03 bits per heavy atom. The van der Waals surface area contributed by atoms with Crippen LogP contribution in [-0.4, -0.2) is 46.9 Å². The van der Waals surface area contributed by atoms with Gasteiger partial charge in [-0.25, -0.2) is 4.57 Å². The number of aryl methyl sites for hydroxylation is 1. The molecule has 1 atom stereocenters. The molecule has 1 aromatic rings. The standard InChI is InChI=1S/C20H32F4NO6P/c21-11-5-3-1-2-4-6-12-30-18-8-7-16(13-17(18)20(22,23)24)9-10-19(25,14-26)15-31-32(27,28)29/h7-8,13,26H,1-6,9-12,14-15,25H2,(H2,27,28,29). The number of hydrogen-bond donors (Lipinski definition) is 4. The minimum atomic E-state index is -4.80. The van der Waals surface area contributed by atoms with Gasteiger partial charge in [-0.15, -0.1) is 0 Å². The molecule has 7 nitrogen and oxygen atoms in total. The summed E-state index contributed by atoms with van der Waals surface area (Å²) in [5.74, 6) is -0.287. The van der Waals surface area contributed by atoms with E-state index in [1.807, 2.05) is 0 Å². The van der Waals surface area contributed by atoms with Crippen LogP contribution in [0.15, 0.2) is 18.2 Å². The molecule has 32 heavy (non-hydrogen) atoms. The lowest BCUT2D eigenvalue weighted by atomic mass is 9.93. The van der Waals surface area contributed by atoms with Crippen LogP contribution in [0.25, 0.3) is 0 Å². The Labute approximate surface area is 185 Å². The Kier molecular flexibility index (Phi) is 12.1. The third-order valence-corrected chi connectivity index (χ3v) is 5.35. The van der Waals surface area contributed by atoms with E-state index in [4.69, 9.17) is 20.3 Å². The number of phosphoric acid groups is 1. The Bertz CT molecular complexity index is 731. The molecule has 0 fully saturated rings. The first-order chi connectivity index (χ1) is 14.9. The van der Waals surface area contributed by atoms with E-state index < -0.39 is 38.3 Å². The van der Waals surface area contributed by atoms with Crippen LogP contribution in [0, 0.1) is 0 Å². The van der Waals surface area contributed by atoms with Gasteiger partial charge in [-0.05, 0) is 43.4 Å². The van der Waals surface area contributed by atoms with Gasteiger partial charge in [-0.2, -0.15) is 13.2 Å². The molecule has 0 saturated heterocycles. The molecule has 5 N–H and O–H groups in total. The lowest BCUT2D eigenvalue weighted by Gasteiger charge is -2.27. The predicted molar refractivity (Wildman–Crippen MR) is 111 cm³/mol. The van der Waals surface area contributed by atoms with Gasteiger partial charge < -0.3 is 25.4 Å². The monoisotopic (exact) mass is 489 g/mol. The fourth-order valence-electron chi connectivity index (χ4n) is 2.97. The fraction of sp³-hybridized carbons (Fsp3) is 0.700. The van der Waals surface area contributed by atoms with Crippen LogP contribution >= 0.6 is 7.82 Å².